The van der Waals surface area contributed by atoms with Crippen LogP contribution in [0.4, 0.5) is 0 Å². The van der Waals surface area contributed by atoms with Crippen molar-refractivity contribution in [2.45, 2.75) is 18.4 Å². The maximum Gasteiger partial charge on any atom is 0.237 e. The molecule has 0 atom stereocenters. The Labute approximate surface area is 89.0 Å². The molecule has 0 aromatic carbocycles. The predicted octanol–water partition coefficient (Wildman–Crippen LogP) is -0.986. The number of rotatable bonds is 3. The Morgan fingerprint density at radius 3 is 2.40 bits per heavy atom. The number of hydrogen-bond acceptors (Lipinski definition) is 4. The van der Waals surface area contributed by atoms with Crippen molar-refractivity contribution in [3.8, 4) is 0 Å². The Hall–Kier alpha value is -0.620. The van der Waals surface area contributed by atoms with Crippen LogP contribution in [0.2, 0.25) is 0 Å². The van der Waals surface area contributed by atoms with Gasteiger partial charge in [-0.05, 0) is 18.8 Å². The summed E-state index contributed by atoms with van der Waals surface area (Å²) in [6.45, 7) is 0.595. The average Bonchev–Trinajstić information content (AvgIpc) is 2.76. The smallest absolute Gasteiger partial charge is 0.237 e. The van der Waals surface area contributed by atoms with Crippen LogP contribution in [-0.2, 0) is 14.6 Å². The summed E-state index contributed by atoms with van der Waals surface area (Å²) in [7, 11) is -3.26. The van der Waals surface area contributed by atoms with E-state index in [1.807, 2.05) is 0 Å². The largest absolute Gasteiger partial charge is 0.386 e. The number of hydrogen-bond donors (Lipinski definition) is 1. The second-order valence-corrected chi connectivity index (χ2v) is 6.84. The maximum absolute atomic E-state index is 11.4. The molecule has 1 aliphatic carbocycles. The second-order valence-electron chi connectivity index (χ2n) is 4.70. The van der Waals surface area contributed by atoms with E-state index in [1.165, 1.54) is 4.90 Å². The second kappa shape index (κ2) is 3.18. The lowest BCUT2D eigenvalue weighted by Crippen LogP contribution is -2.65. The number of amides is 1. The lowest BCUT2D eigenvalue weighted by atomic mass is 9.89. The highest BCUT2D eigenvalue weighted by atomic mass is 32.2. The summed E-state index contributed by atoms with van der Waals surface area (Å²) in [5.41, 5.74) is -0.729. The van der Waals surface area contributed by atoms with Gasteiger partial charge in [0.1, 0.15) is 11.4 Å². The molecule has 15 heavy (non-hydrogen) atoms. The van der Waals surface area contributed by atoms with Gasteiger partial charge in [-0.2, -0.15) is 0 Å². The van der Waals surface area contributed by atoms with Crippen molar-refractivity contribution in [1.29, 1.82) is 0 Å². The zero-order chi connectivity index (χ0) is 11.3. The molecule has 2 rings (SSSR count). The first-order valence-electron chi connectivity index (χ1n) is 4.98. The summed E-state index contributed by atoms with van der Waals surface area (Å²) in [6, 6.07) is 0. The molecule has 1 saturated carbocycles. The lowest BCUT2D eigenvalue weighted by molar-refractivity contribution is -0.156. The highest BCUT2D eigenvalue weighted by molar-refractivity contribution is 7.91. The average molecular weight is 233 g/mol. The van der Waals surface area contributed by atoms with Gasteiger partial charge in [-0.25, -0.2) is 8.42 Å². The van der Waals surface area contributed by atoms with E-state index in [-0.39, 0.29) is 0 Å². The van der Waals surface area contributed by atoms with Gasteiger partial charge >= 0.3 is 0 Å². The fraction of sp³-hybridized carbons (Fsp3) is 0.889. The van der Waals surface area contributed by atoms with Crippen LogP contribution >= 0.6 is 0 Å². The van der Waals surface area contributed by atoms with Crippen molar-refractivity contribution in [3.05, 3.63) is 0 Å². The van der Waals surface area contributed by atoms with Crippen LogP contribution in [0, 0.1) is 5.92 Å². The molecule has 0 aromatic heterocycles. The van der Waals surface area contributed by atoms with E-state index < -0.39 is 27.1 Å². The molecule has 1 aliphatic heterocycles. The molecule has 2 fully saturated rings. The monoisotopic (exact) mass is 233 g/mol. The molecular formula is C9H15NO4S. The number of sulfone groups is 1. The fourth-order valence-electron chi connectivity index (χ4n) is 1.99. The number of carbonyl (C=O) groups is 1. The van der Waals surface area contributed by atoms with Crippen LogP contribution < -0.4 is 0 Å². The summed E-state index contributed by atoms with van der Waals surface area (Å²) in [5.74, 6) is -0.532. The molecule has 6 heteroatoms. The van der Waals surface area contributed by atoms with Gasteiger partial charge in [0.15, 0.2) is 9.84 Å². The fourth-order valence-corrected chi connectivity index (χ4v) is 2.62. The van der Waals surface area contributed by atoms with Crippen molar-refractivity contribution in [2.75, 3.05) is 25.1 Å². The van der Waals surface area contributed by atoms with Crippen molar-refractivity contribution in [3.63, 3.8) is 0 Å². The summed E-state index contributed by atoms with van der Waals surface area (Å²) in [5, 5.41) is 9.92. The summed E-state index contributed by atoms with van der Waals surface area (Å²) >= 11 is 0. The van der Waals surface area contributed by atoms with Crippen LogP contribution in [0.15, 0.2) is 0 Å². The van der Waals surface area contributed by atoms with Gasteiger partial charge < -0.3 is 10.0 Å². The van der Waals surface area contributed by atoms with Crippen LogP contribution in [0.1, 0.15) is 12.8 Å². The van der Waals surface area contributed by atoms with Gasteiger partial charge in [0.05, 0.1) is 13.1 Å². The number of likely N-dealkylation sites (tertiary alicyclic amines) is 1. The number of carbonyl (C=O) groups excluding carboxylic acids is 1. The first-order valence-corrected chi connectivity index (χ1v) is 7.04. The first-order chi connectivity index (χ1) is 6.80. The molecule has 86 valence electrons. The summed E-state index contributed by atoms with van der Waals surface area (Å²) < 4.78 is 21.8. The van der Waals surface area contributed by atoms with E-state index in [1.54, 1.807) is 0 Å². The van der Waals surface area contributed by atoms with Crippen molar-refractivity contribution in [2.24, 2.45) is 5.92 Å². The Bertz CT molecular complexity index is 379. The van der Waals surface area contributed by atoms with E-state index >= 15 is 0 Å². The van der Waals surface area contributed by atoms with Crippen molar-refractivity contribution >= 4 is 15.7 Å². The minimum atomic E-state index is -3.26. The minimum absolute atomic E-state index is 0.298. The van der Waals surface area contributed by atoms with Gasteiger partial charge in [0.2, 0.25) is 5.91 Å². The highest BCUT2D eigenvalue weighted by Gasteiger charge is 2.53. The van der Waals surface area contributed by atoms with Crippen LogP contribution in [-0.4, -0.2) is 55.0 Å². The first kappa shape index (κ1) is 10.9. The van der Waals surface area contributed by atoms with E-state index in [0.29, 0.717) is 19.0 Å². The standard InChI is InChI=1S/C9H15NO4S/c1-15(13,14)4-8(11)10-5-9(12,6-10)7-2-3-7/h7,12H,2-6H2,1H3. The summed E-state index contributed by atoms with van der Waals surface area (Å²) in [4.78, 5) is 12.8. The Balaban J connectivity index is 1.86. The quantitative estimate of drug-likeness (QED) is 0.679. The van der Waals surface area contributed by atoms with E-state index in [9.17, 15) is 18.3 Å². The molecule has 0 bridgehead atoms. The highest BCUT2D eigenvalue weighted by Crippen LogP contribution is 2.44. The number of β-amino-alcohol motifs (C(OH)–C–C–N with tert-alkyl or cyclic N) is 1. The lowest BCUT2D eigenvalue weighted by Gasteiger charge is -2.46. The van der Waals surface area contributed by atoms with Crippen molar-refractivity contribution < 1.29 is 18.3 Å². The van der Waals surface area contributed by atoms with Gasteiger partial charge in [-0.1, -0.05) is 0 Å². The maximum atomic E-state index is 11.4. The summed E-state index contributed by atoms with van der Waals surface area (Å²) in [6.07, 6.45) is 3.08. The van der Waals surface area contributed by atoms with E-state index in [0.717, 1.165) is 19.1 Å². The van der Waals surface area contributed by atoms with Crippen molar-refractivity contribution in [1.82, 2.24) is 4.90 Å². The zero-order valence-electron chi connectivity index (χ0n) is 8.64. The molecule has 5 nitrogen and oxygen atoms in total. The van der Waals surface area contributed by atoms with Crippen LogP contribution in [0.5, 0.6) is 0 Å². The third-order valence-electron chi connectivity index (χ3n) is 3.00. The van der Waals surface area contributed by atoms with Gasteiger partial charge in [-0.3, -0.25) is 4.79 Å². The third kappa shape index (κ3) is 2.31. The minimum Gasteiger partial charge on any atom is -0.386 e. The van der Waals surface area contributed by atoms with Gasteiger partial charge in [0.25, 0.3) is 0 Å². The molecule has 1 saturated heterocycles. The van der Waals surface area contributed by atoms with Gasteiger partial charge in [-0.15, -0.1) is 0 Å². The molecule has 1 N–H and O–H groups in total. The SMILES string of the molecule is CS(=O)(=O)CC(=O)N1CC(O)(C2CC2)C1. The molecule has 1 heterocycles. The van der Waals surface area contributed by atoms with E-state index in [4.69, 9.17) is 0 Å². The zero-order valence-corrected chi connectivity index (χ0v) is 9.46. The molecule has 2 aliphatic rings. The third-order valence-corrected chi connectivity index (χ3v) is 3.78. The topological polar surface area (TPSA) is 74.7 Å². The number of nitrogens with zero attached hydrogens (tertiary/aromatic N) is 1. The predicted molar refractivity (Wildman–Crippen MR) is 54.0 cm³/mol. The normalized spacial score (nSPS) is 24.8. The molecular weight excluding hydrogens is 218 g/mol. The molecule has 0 unspecified atom stereocenters. The molecule has 1 amide bonds. The Morgan fingerprint density at radius 1 is 1.47 bits per heavy atom. The Morgan fingerprint density at radius 2 is 2.00 bits per heavy atom. The van der Waals surface area contributed by atoms with E-state index in [2.05, 4.69) is 0 Å². The van der Waals surface area contributed by atoms with Gasteiger partial charge in [0, 0.05) is 6.26 Å². The van der Waals surface area contributed by atoms with Crippen LogP contribution in [0.25, 0.3) is 0 Å². The molecule has 0 spiro atoms. The Kier molecular flexibility index (Phi) is 2.31. The molecule has 0 radical (unpaired) electrons. The van der Waals surface area contributed by atoms with Crippen LogP contribution in [0.3, 0.4) is 0 Å². The number of aliphatic hydroxyl groups is 1. The molecule has 0 aromatic rings.